The van der Waals surface area contributed by atoms with E-state index in [9.17, 15) is 18.6 Å². The molecule has 2 aliphatic rings. The summed E-state index contributed by atoms with van der Waals surface area (Å²) in [7, 11) is -3.69. The normalized spacial score (nSPS) is 30.1. The van der Waals surface area contributed by atoms with E-state index in [2.05, 4.69) is 5.32 Å². The molecule has 1 aliphatic heterocycles. The fraction of sp³-hybridized carbons (Fsp3) is 0.625. The van der Waals surface area contributed by atoms with Crippen LogP contribution in [0, 0.1) is 0 Å². The zero-order chi connectivity index (χ0) is 16.5. The summed E-state index contributed by atoms with van der Waals surface area (Å²) in [5, 5.41) is 24.2. The molecule has 6 nitrogen and oxygen atoms in total. The van der Waals surface area contributed by atoms with Crippen molar-refractivity contribution in [2.24, 2.45) is 0 Å². The molecule has 7 heteroatoms. The SMILES string of the molecule is O=S(=O)(c1ccccc1)N1C[C@@H](O)[C@](O)(CNC2CCCC2)C1. The second kappa shape index (κ2) is 6.49. The quantitative estimate of drug-likeness (QED) is 0.718. The molecule has 1 saturated carbocycles. The van der Waals surface area contributed by atoms with Gasteiger partial charge in [-0.2, -0.15) is 4.31 Å². The van der Waals surface area contributed by atoms with E-state index in [0.29, 0.717) is 6.04 Å². The molecule has 1 heterocycles. The molecule has 2 fully saturated rings. The van der Waals surface area contributed by atoms with Gasteiger partial charge in [-0.15, -0.1) is 0 Å². The predicted molar refractivity (Wildman–Crippen MR) is 86.4 cm³/mol. The van der Waals surface area contributed by atoms with Gasteiger partial charge in [0.05, 0.1) is 11.0 Å². The highest BCUT2D eigenvalue weighted by molar-refractivity contribution is 7.89. The van der Waals surface area contributed by atoms with Crippen molar-refractivity contribution in [2.45, 2.75) is 48.3 Å². The highest BCUT2D eigenvalue weighted by Crippen LogP contribution is 2.28. The van der Waals surface area contributed by atoms with Crippen molar-refractivity contribution in [3.05, 3.63) is 30.3 Å². The Bertz CT molecular complexity index is 631. The van der Waals surface area contributed by atoms with Crippen LogP contribution in [-0.4, -0.2) is 60.3 Å². The Balaban J connectivity index is 1.69. The number of aliphatic hydroxyl groups is 2. The van der Waals surface area contributed by atoms with Crippen LogP contribution in [0.4, 0.5) is 0 Å². The van der Waals surface area contributed by atoms with Gasteiger partial charge in [-0.25, -0.2) is 8.42 Å². The molecule has 1 saturated heterocycles. The van der Waals surface area contributed by atoms with Crippen LogP contribution < -0.4 is 5.32 Å². The number of benzene rings is 1. The van der Waals surface area contributed by atoms with Crippen molar-refractivity contribution in [1.82, 2.24) is 9.62 Å². The number of rotatable bonds is 5. The first kappa shape index (κ1) is 16.9. The van der Waals surface area contributed by atoms with Gasteiger partial charge in [0.2, 0.25) is 10.0 Å². The maximum absolute atomic E-state index is 12.6. The lowest BCUT2D eigenvalue weighted by Gasteiger charge is -2.28. The van der Waals surface area contributed by atoms with Crippen LogP contribution in [0.25, 0.3) is 0 Å². The number of nitrogens with zero attached hydrogens (tertiary/aromatic N) is 1. The molecule has 3 rings (SSSR count). The number of hydrogen-bond acceptors (Lipinski definition) is 5. The van der Waals surface area contributed by atoms with E-state index in [1.807, 2.05) is 0 Å². The average molecular weight is 340 g/mol. The fourth-order valence-electron chi connectivity index (χ4n) is 3.39. The van der Waals surface area contributed by atoms with E-state index in [1.165, 1.54) is 29.3 Å². The predicted octanol–water partition coefficient (Wildman–Crippen LogP) is 0.315. The first-order valence-corrected chi connectivity index (χ1v) is 9.55. The van der Waals surface area contributed by atoms with Crippen LogP contribution in [0.1, 0.15) is 25.7 Å². The summed E-state index contributed by atoms with van der Waals surface area (Å²) in [5.41, 5.74) is -1.44. The third-order valence-electron chi connectivity index (χ3n) is 4.88. The highest BCUT2D eigenvalue weighted by Gasteiger charge is 2.48. The third-order valence-corrected chi connectivity index (χ3v) is 6.71. The van der Waals surface area contributed by atoms with Crippen molar-refractivity contribution < 1.29 is 18.6 Å². The molecule has 1 aromatic rings. The molecule has 23 heavy (non-hydrogen) atoms. The van der Waals surface area contributed by atoms with E-state index < -0.39 is 21.7 Å². The lowest BCUT2D eigenvalue weighted by Crippen LogP contribution is -2.52. The topological polar surface area (TPSA) is 89.9 Å². The number of β-amino-alcohol motifs (C(OH)–C–C–N with tert-alkyl or cyclic N) is 2. The van der Waals surface area contributed by atoms with Gasteiger partial charge in [0.15, 0.2) is 0 Å². The minimum absolute atomic E-state index is 0.0833. The van der Waals surface area contributed by atoms with Crippen molar-refractivity contribution in [3.8, 4) is 0 Å². The highest BCUT2D eigenvalue weighted by atomic mass is 32.2. The summed E-state index contributed by atoms with van der Waals surface area (Å²) >= 11 is 0. The fourth-order valence-corrected chi connectivity index (χ4v) is 4.92. The molecule has 0 radical (unpaired) electrons. The minimum Gasteiger partial charge on any atom is -0.389 e. The molecule has 0 unspecified atom stereocenters. The van der Waals surface area contributed by atoms with Crippen LogP contribution in [-0.2, 0) is 10.0 Å². The minimum atomic E-state index is -3.69. The van der Waals surface area contributed by atoms with Crippen LogP contribution in [0.15, 0.2) is 35.2 Å². The van der Waals surface area contributed by atoms with Crippen LogP contribution in [0.5, 0.6) is 0 Å². The molecular formula is C16H24N2O4S. The van der Waals surface area contributed by atoms with Gasteiger partial charge >= 0.3 is 0 Å². The standard InChI is InChI=1S/C16H24N2O4S/c19-15-10-18(23(21,22)14-8-2-1-3-9-14)12-16(15,20)11-17-13-6-4-5-7-13/h1-3,8-9,13,15,17,19-20H,4-7,10-12H2/t15-,16+/m1/s1. The smallest absolute Gasteiger partial charge is 0.243 e. The molecule has 2 atom stereocenters. The van der Waals surface area contributed by atoms with Gasteiger partial charge in [-0.05, 0) is 25.0 Å². The van der Waals surface area contributed by atoms with E-state index >= 15 is 0 Å². The molecule has 0 aromatic heterocycles. The maximum Gasteiger partial charge on any atom is 0.243 e. The van der Waals surface area contributed by atoms with E-state index in [1.54, 1.807) is 18.2 Å². The zero-order valence-electron chi connectivity index (χ0n) is 13.1. The van der Waals surface area contributed by atoms with Gasteiger partial charge in [-0.3, -0.25) is 0 Å². The first-order chi connectivity index (χ1) is 10.9. The van der Waals surface area contributed by atoms with Gasteiger partial charge in [-0.1, -0.05) is 31.0 Å². The molecular weight excluding hydrogens is 316 g/mol. The molecule has 128 valence electrons. The number of nitrogens with one attached hydrogen (secondary N) is 1. The first-order valence-electron chi connectivity index (χ1n) is 8.11. The second-order valence-electron chi connectivity index (χ2n) is 6.59. The van der Waals surface area contributed by atoms with Crippen molar-refractivity contribution >= 4 is 10.0 Å². The van der Waals surface area contributed by atoms with Crippen LogP contribution >= 0.6 is 0 Å². The zero-order valence-corrected chi connectivity index (χ0v) is 13.9. The van der Waals surface area contributed by atoms with Crippen molar-refractivity contribution in [1.29, 1.82) is 0 Å². The Kier molecular flexibility index (Phi) is 4.75. The monoisotopic (exact) mass is 340 g/mol. The Labute approximate surface area is 137 Å². The summed E-state index contributed by atoms with van der Waals surface area (Å²) in [5.74, 6) is 0. The Morgan fingerprint density at radius 1 is 1.22 bits per heavy atom. The second-order valence-corrected chi connectivity index (χ2v) is 8.53. The van der Waals surface area contributed by atoms with Gasteiger partial charge < -0.3 is 15.5 Å². The van der Waals surface area contributed by atoms with Gasteiger partial charge in [0.25, 0.3) is 0 Å². The molecule has 0 amide bonds. The van der Waals surface area contributed by atoms with Gasteiger partial charge in [0.1, 0.15) is 5.60 Å². The summed E-state index contributed by atoms with van der Waals surface area (Å²) in [6.07, 6.45) is 3.39. The Morgan fingerprint density at radius 3 is 2.52 bits per heavy atom. The largest absolute Gasteiger partial charge is 0.389 e. The van der Waals surface area contributed by atoms with E-state index in [0.717, 1.165) is 12.8 Å². The number of aliphatic hydroxyl groups excluding tert-OH is 1. The summed E-state index contributed by atoms with van der Waals surface area (Å²) < 4.78 is 26.4. The van der Waals surface area contributed by atoms with E-state index in [4.69, 9.17) is 0 Å². The van der Waals surface area contributed by atoms with Crippen molar-refractivity contribution in [2.75, 3.05) is 19.6 Å². The molecule has 1 aliphatic carbocycles. The molecule has 3 N–H and O–H groups in total. The number of sulfonamides is 1. The molecule has 1 aromatic carbocycles. The Hall–Kier alpha value is -0.990. The van der Waals surface area contributed by atoms with Crippen LogP contribution in [0.3, 0.4) is 0 Å². The summed E-state index contributed by atoms with van der Waals surface area (Å²) in [6.45, 7) is 0.0326. The van der Waals surface area contributed by atoms with Crippen molar-refractivity contribution in [3.63, 3.8) is 0 Å². The molecule has 0 spiro atoms. The lowest BCUT2D eigenvalue weighted by atomic mass is 10.00. The maximum atomic E-state index is 12.6. The van der Waals surface area contributed by atoms with Gasteiger partial charge in [0, 0.05) is 25.7 Å². The van der Waals surface area contributed by atoms with Crippen LogP contribution in [0.2, 0.25) is 0 Å². The summed E-state index contributed by atoms with van der Waals surface area (Å²) in [6, 6.07) is 8.47. The Morgan fingerprint density at radius 2 is 1.87 bits per heavy atom. The number of hydrogen-bond donors (Lipinski definition) is 3. The molecule has 0 bridgehead atoms. The van der Waals surface area contributed by atoms with E-state index in [-0.39, 0.29) is 24.5 Å². The third kappa shape index (κ3) is 3.44. The lowest BCUT2D eigenvalue weighted by molar-refractivity contribution is -0.0397. The average Bonchev–Trinajstić information content (AvgIpc) is 3.16. The summed E-state index contributed by atoms with van der Waals surface area (Å²) in [4.78, 5) is 0.181.